The molecule has 0 aliphatic carbocycles. The molecule has 1 aromatic rings. The number of aliphatic hydroxyl groups is 1. The van der Waals surface area contributed by atoms with Crippen LogP contribution in [0.5, 0.6) is 0 Å². The summed E-state index contributed by atoms with van der Waals surface area (Å²) in [6.45, 7) is 5.44. The lowest BCUT2D eigenvalue weighted by Crippen LogP contribution is -2.42. The number of aromatic nitrogens is 2. The summed E-state index contributed by atoms with van der Waals surface area (Å²) in [5.74, 6) is 0.833. The highest BCUT2D eigenvalue weighted by atomic mass is 16.3. The molecule has 0 saturated heterocycles. The number of hydrogen-bond donors (Lipinski definition) is 3. The van der Waals surface area contributed by atoms with E-state index in [1.165, 1.54) is 6.20 Å². The monoisotopic (exact) mass is 196 g/mol. The second-order valence-electron chi connectivity index (χ2n) is 3.81. The molecule has 14 heavy (non-hydrogen) atoms. The van der Waals surface area contributed by atoms with E-state index in [9.17, 15) is 5.11 Å². The van der Waals surface area contributed by atoms with Gasteiger partial charge in [-0.1, -0.05) is 0 Å². The van der Waals surface area contributed by atoms with Crippen molar-refractivity contribution in [3.63, 3.8) is 0 Å². The first-order chi connectivity index (χ1) is 6.43. The molecule has 0 amide bonds. The summed E-state index contributed by atoms with van der Waals surface area (Å²) >= 11 is 0. The zero-order valence-corrected chi connectivity index (χ0v) is 8.65. The largest absolute Gasteiger partial charge is 0.391 e. The quantitative estimate of drug-likeness (QED) is 0.660. The number of nitrogens with two attached hydrogens (primary N) is 1. The van der Waals surface area contributed by atoms with Gasteiger partial charge in [-0.25, -0.2) is 9.97 Å². The van der Waals surface area contributed by atoms with Crippen molar-refractivity contribution in [1.29, 1.82) is 0 Å². The number of nitrogens with one attached hydrogen (secondary N) is 1. The van der Waals surface area contributed by atoms with E-state index in [0.29, 0.717) is 11.6 Å². The first-order valence-corrected chi connectivity index (χ1v) is 4.46. The molecule has 0 radical (unpaired) electrons. The van der Waals surface area contributed by atoms with Crippen molar-refractivity contribution in [2.24, 2.45) is 0 Å². The third kappa shape index (κ3) is 2.32. The minimum atomic E-state index is -0.510. The lowest BCUT2D eigenvalue weighted by molar-refractivity contribution is 0.133. The van der Waals surface area contributed by atoms with Crippen LogP contribution in [0.4, 0.5) is 11.6 Å². The predicted octanol–water partition coefficient (Wildman–Crippen LogP) is 0.630. The van der Waals surface area contributed by atoms with Crippen molar-refractivity contribution in [3.05, 3.63) is 12.4 Å². The number of rotatable bonds is 3. The Morgan fingerprint density at radius 3 is 2.50 bits per heavy atom. The SMILES string of the molecule is CC(O)C(C)(C)Nc1nccnc1N. The van der Waals surface area contributed by atoms with Gasteiger partial charge in [0.1, 0.15) is 0 Å². The summed E-state index contributed by atoms with van der Waals surface area (Å²) in [6, 6.07) is 0. The van der Waals surface area contributed by atoms with Gasteiger partial charge in [-0.3, -0.25) is 0 Å². The van der Waals surface area contributed by atoms with E-state index in [4.69, 9.17) is 5.73 Å². The van der Waals surface area contributed by atoms with Crippen LogP contribution in [-0.2, 0) is 0 Å². The molecule has 0 bridgehead atoms. The summed E-state index contributed by atoms with van der Waals surface area (Å²) < 4.78 is 0. The molecule has 4 N–H and O–H groups in total. The van der Waals surface area contributed by atoms with E-state index in [1.54, 1.807) is 13.1 Å². The van der Waals surface area contributed by atoms with Crippen LogP contribution in [0.25, 0.3) is 0 Å². The molecule has 0 aliphatic heterocycles. The average Bonchev–Trinajstić information content (AvgIpc) is 2.08. The molecule has 0 aliphatic rings. The van der Waals surface area contributed by atoms with Crippen LogP contribution in [0, 0.1) is 0 Å². The van der Waals surface area contributed by atoms with Gasteiger partial charge < -0.3 is 16.2 Å². The first kappa shape index (κ1) is 10.7. The van der Waals surface area contributed by atoms with Crippen LogP contribution in [0.1, 0.15) is 20.8 Å². The van der Waals surface area contributed by atoms with E-state index in [2.05, 4.69) is 15.3 Å². The maximum atomic E-state index is 9.48. The van der Waals surface area contributed by atoms with Gasteiger partial charge in [0.25, 0.3) is 0 Å². The van der Waals surface area contributed by atoms with Gasteiger partial charge in [0.2, 0.25) is 0 Å². The van der Waals surface area contributed by atoms with Crippen LogP contribution in [0.3, 0.4) is 0 Å². The Morgan fingerprint density at radius 1 is 1.43 bits per heavy atom. The molecule has 0 fully saturated rings. The molecule has 5 nitrogen and oxygen atoms in total. The van der Waals surface area contributed by atoms with Crippen molar-refractivity contribution in [3.8, 4) is 0 Å². The van der Waals surface area contributed by atoms with Crippen molar-refractivity contribution in [2.45, 2.75) is 32.4 Å². The highest BCUT2D eigenvalue weighted by molar-refractivity contribution is 5.56. The zero-order valence-electron chi connectivity index (χ0n) is 8.65. The molecular weight excluding hydrogens is 180 g/mol. The van der Waals surface area contributed by atoms with Crippen molar-refractivity contribution < 1.29 is 5.11 Å². The van der Waals surface area contributed by atoms with E-state index < -0.39 is 11.6 Å². The van der Waals surface area contributed by atoms with Gasteiger partial charge in [-0.15, -0.1) is 0 Å². The molecule has 0 spiro atoms. The summed E-state index contributed by atoms with van der Waals surface area (Å²) in [5.41, 5.74) is 5.13. The molecule has 0 aromatic carbocycles. The summed E-state index contributed by atoms with van der Waals surface area (Å²) in [4.78, 5) is 7.93. The first-order valence-electron chi connectivity index (χ1n) is 4.46. The van der Waals surface area contributed by atoms with E-state index in [-0.39, 0.29) is 0 Å². The Morgan fingerprint density at radius 2 is 2.00 bits per heavy atom. The predicted molar refractivity (Wildman–Crippen MR) is 55.8 cm³/mol. The smallest absolute Gasteiger partial charge is 0.169 e. The van der Waals surface area contributed by atoms with E-state index in [0.717, 1.165) is 0 Å². The van der Waals surface area contributed by atoms with Crippen LogP contribution >= 0.6 is 0 Å². The molecule has 78 valence electrons. The molecular formula is C9H16N4O. The second kappa shape index (κ2) is 3.79. The average molecular weight is 196 g/mol. The van der Waals surface area contributed by atoms with Crippen LogP contribution in [0.15, 0.2) is 12.4 Å². The third-order valence-electron chi connectivity index (χ3n) is 2.21. The van der Waals surface area contributed by atoms with Crippen LogP contribution < -0.4 is 11.1 Å². The Labute approximate surface area is 83.4 Å². The number of nitrogen functional groups attached to an aromatic ring is 1. The van der Waals surface area contributed by atoms with Crippen molar-refractivity contribution in [2.75, 3.05) is 11.1 Å². The minimum Gasteiger partial charge on any atom is -0.391 e. The van der Waals surface area contributed by atoms with Gasteiger partial charge in [-0.2, -0.15) is 0 Å². The Balaban J connectivity index is 2.84. The number of aliphatic hydroxyl groups excluding tert-OH is 1. The minimum absolute atomic E-state index is 0.334. The highest BCUT2D eigenvalue weighted by Gasteiger charge is 2.24. The molecule has 1 rings (SSSR count). The number of nitrogens with zero attached hydrogens (tertiary/aromatic N) is 2. The molecule has 1 heterocycles. The maximum absolute atomic E-state index is 9.48. The molecule has 0 saturated carbocycles. The second-order valence-corrected chi connectivity index (χ2v) is 3.81. The number of anilines is 2. The van der Waals surface area contributed by atoms with Gasteiger partial charge in [-0.05, 0) is 20.8 Å². The third-order valence-corrected chi connectivity index (χ3v) is 2.21. The lowest BCUT2D eigenvalue weighted by atomic mass is 9.99. The van der Waals surface area contributed by atoms with Gasteiger partial charge in [0.05, 0.1) is 11.6 Å². The van der Waals surface area contributed by atoms with Crippen LogP contribution in [0.2, 0.25) is 0 Å². The van der Waals surface area contributed by atoms with Gasteiger partial charge in [0, 0.05) is 12.4 Å². The topological polar surface area (TPSA) is 84.1 Å². The summed E-state index contributed by atoms with van der Waals surface area (Å²) in [6.07, 6.45) is 2.57. The molecule has 1 atom stereocenters. The number of hydrogen-bond acceptors (Lipinski definition) is 5. The fourth-order valence-electron chi connectivity index (χ4n) is 0.855. The fraction of sp³-hybridized carbons (Fsp3) is 0.556. The highest BCUT2D eigenvalue weighted by Crippen LogP contribution is 2.19. The van der Waals surface area contributed by atoms with Crippen LogP contribution in [-0.4, -0.2) is 26.7 Å². The standard InChI is InChI=1S/C9H16N4O/c1-6(14)9(2,3)13-8-7(10)11-4-5-12-8/h4-6,14H,1-3H3,(H2,10,11)(H,12,13). The van der Waals surface area contributed by atoms with Crippen molar-refractivity contribution >= 4 is 11.6 Å². The van der Waals surface area contributed by atoms with E-state index in [1.807, 2.05) is 13.8 Å². The zero-order chi connectivity index (χ0) is 10.8. The molecule has 1 aromatic heterocycles. The maximum Gasteiger partial charge on any atom is 0.169 e. The van der Waals surface area contributed by atoms with E-state index >= 15 is 0 Å². The fourth-order valence-corrected chi connectivity index (χ4v) is 0.855. The lowest BCUT2D eigenvalue weighted by Gasteiger charge is -2.30. The normalized spacial score (nSPS) is 13.7. The molecule has 1 unspecified atom stereocenters. The molecule has 5 heteroatoms. The summed E-state index contributed by atoms with van der Waals surface area (Å²) in [5, 5.41) is 12.5. The Bertz CT molecular complexity index is 311. The van der Waals surface area contributed by atoms with Gasteiger partial charge in [0.15, 0.2) is 11.6 Å². The Kier molecular flexibility index (Phi) is 2.90. The Hall–Kier alpha value is -1.36. The van der Waals surface area contributed by atoms with Gasteiger partial charge >= 0.3 is 0 Å². The summed E-state index contributed by atoms with van der Waals surface area (Å²) in [7, 11) is 0. The van der Waals surface area contributed by atoms with Crippen molar-refractivity contribution in [1.82, 2.24) is 9.97 Å².